The Bertz CT molecular complexity index is 474. The molecule has 0 aliphatic heterocycles. The third-order valence-electron chi connectivity index (χ3n) is 4.87. The summed E-state index contributed by atoms with van der Waals surface area (Å²) in [7, 11) is 0. The molecule has 94 valence electrons. The second-order valence-corrected chi connectivity index (χ2v) is 5.93. The summed E-state index contributed by atoms with van der Waals surface area (Å²) in [5.41, 5.74) is 1.75. The first-order valence-corrected chi connectivity index (χ1v) is 7.03. The molecule has 3 rings (SSSR count). The van der Waals surface area contributed by atoms with Crippen molar-refractivity contribution in [3.63, 3.8) is 0 Å². The minimum absolute atomic E-state index is 0.481. The molecule has 2 heteroatoms. The van der Waals surface area contributed by atoms with Crippen LogP contribution in [0.3, 0.4) is 0 Å². The molecule has 2 fully saturated rings. The van der Waals surface area contributed by atoms with E-state index in [4.69, 9.17) is 5.26 Å². The van der Waals surface area contributed by atoms with Crippen molar-refractivity contribution in [2.75, 3.05) is 5.32 Å². The van der Waals surface area contributed by atoms with Crippen LogP contribution in [-0.2, 0) is 0 Å². The number of anilines is 1. The van der Waals surface area contributed by atoms with Gasteiger partial charge in [0.15, 0.2) is 0 Å². The van der Waals surface area contributed by atoms with Crippen molar-refractivity contribution in [2.45, 2.75) is 38.6 Å². The highest BCUT2D eigenvalue weighted by Crippen LogP contribution is 2.49. The lowest BCUT2D eigenvalue weighted by Gasteiger charge is -2.29. The fraction of sp³-hybridized carbons (Fsp3) is 0.562. The average Bonchev–Trinajstić information content (AvgIpc) is 3.01. The molecule has 0 aromatic heterocycles. The third kappa shape index (κ3) is 1.99. The zero-order chi connectivity index (χ0) is 12.5. The average molecular weight is 240 g/mol. The highest BCUT2D eigenvalue weighted by atomic mass is 14.9. The number of rotatable bonds is 3. The van der Waals surface area contributed by atoms with Crippen molar-refractivity contribution in [2.24, 2.45) is 17.8 Å². The maximum Gasteiger partial charge on any atom is 0.101 e. The second kappa shape index (κ2) is 4.65. The van der Waals surface area contributed by atoms with Crippen LogP contribution in [0, 0.1) is 29.1 Å². The van der Waals surface area contributed by atoms with Gasteiger partial charge in [-0.05, 0) is 56.1 Å². The molecule has 0 saturated heterocycles. The SMILES string of the molecule is CC(Nc1ccccc1C#N)C1CC2CCC1C2. The minimum atomic E-state index is 0.481. The number of nitrogens with one attached hydrogen (secondary N) is 1. The molecule has 2 nitrogen and oxygen atoms in total. The Balaban J connectivity index is 1.71. The normalized spacial score (nSPS) is 31.0. The Labute approximate surface area is 109 Å². The number of nitriles is 1. The van der Waals surface area contributed by atoms with E-state index in [2.05, 4.69) is 18.3 Å². The van der Waals surface area contributed by atoms with Crippen LogP contribution in [-0.4, -0.2) is 6.04 Å². The molecule has 0 radical (unpaired) electrons. The molecule has 1 N–H and O–H groups in total. The number of fused-ring (bicyclic) bond motifs is 2. The van der Waals surface area contributed by atoms with E-state index in [1.54, 1.807) is 0 Å². The Morgan fingerprint density at radius 2 is 2.11 bits per heavy atom. The number of hydrogen-bond acceptors (Lipinski definition) is 2. The van der Waals surface area contributed by atoms with Crippen LogP contribution in [0.15, 0.2) is 24.3 Å². The standard InChI is InChI=1S/C16H20N2/c1-11(15-9-12-6-7-13(15)8-12)18-16-5-3-2-4-14(16)10-17/h2-5,11-13,15,18H,6-9H2,1H3. The summed E-state index contributed by atoms with van der Waals surface area (Å²) in [6.45, 7) is 2.28. The van der Waals surface area contributed by atoms with Gasteiger partial charge in [0.05, 0.1) is 11.3 Å². The lowest BCUT2D eigenvalue weighted by molar-refractivity contribution is 0.304. The van der Waals surface area contributed by atoms with Crippen molar-refractivity contribution in [3.8, 4) is 6.07 Å². The van der Waals surface area contributed by atoms with Gasteiger partial charge in [-0.25, -0.2) is 0 Å². The van der Waals surface area contributed by atoms with Crippen molar-refractivity contribution < 1.29 is 0 Å². The summed E-state index contributed by atoms with van der Waals surface area (Å²) >= 11 is 0. The summed E-state index contributed by atoms with van der Waals surface area (Å²) < 4.78 is 0. The first kappa shape index (κ1) is 11.6. The quantitative estimate of drug-likeness (QED) is 0.872. The molecular weight excluding hydrogens is 220 g/mol. The van der Waals surface area contributed by atoms with Crippen LogP contribution >= 0.6 is 0 Å². The molecule has 0 spiro atoms. The number of nitrogens with zero attached hydrogens (tertiary/aromatic N) is 1. The topological polar surface area (TPSA) is 35.8 Å². The molecule has 0 amide bonds. The van der Waals surface area contributed by atoms with E-state index in [1.165, 1.54) is 25.7 Å². The summed E-state index contributed by atoms with van der Waals surface area (Å²) in [6, 6.07) is 10.6. The van der Waals surface area contributed by atoms with Gasteiger partial charge in [0.25, 0.3) is 0 Å². The molecule has 18 heavy (non-hydrogen) atoms. The van der Waals surface area contributed by atoms with Gasteiger partial charge in [0.2, 0.25) is 0 Å². The molecule has 4 unspecified atom stereocenters. The zero-order valence-corrected chi connectivity index (χ0v) is 10.9. The van der Waals surface area contributed by atoms with Gasteiger partial charge in [-0.3, -0.25) is 0 Å². The molecule has 0 heterocycles. The van der Waals surface area contributed by atoms with E-state index in [0.29, 0.717) is 6.04 Å². The second-order valence-electron chi connectivity index (χ2n) is 5.93. The maximum atomic E-state index is 9.11. The highest BCUT2D eigenvalue weighted by molar-refractivity contribution is 5.57. The Morgan fingerprint density at radius 1 is 1.28 bits per heavy atom. The molecule has 2 bridgehead atoms. The van der Waals surface area contributed by atoms with Gasteiger partial charge in [-0.1, -0.05) is 18.6 Å². The number of benzene rings is 1. The summed E-state index contributed by atoms with van der Waals surface area (Å²) in [6.07, 6.45) is 5.69. The molecule has 4 atom stereocenters. The van der Waals surface area contributed by atoms with Crippen molar-refractivity contribution in [3.05, 3.63) is 29.8 Å². The summed E-state index contributed by atoms with van der Waals surface area (Å²) in [5, 5.41) is 12.7. The lowest BCUT2D eigenvalue weighted by atomic mass is 9.84. The Kier molecular flexibility index (Phi) is 2.99. The third-order valence-corrected chi connectivity index (χ3v) is 4.87. The minimum Gasteiger partial charge on any atom is -0.381 e. The van der Waals surface area contributed by atoms with Gasteiger partial charge in [-0.2, -0.15) is 5.26 Å². The molecule has 1 aromatic rings. The maximum absolute atomic E-state index is 9.11. The predicted molar refractivity (Wildman–Crippen MR) is 73.2 cm³/mol. The van der Waals surface area contributed by atoms with Crippen molar-refractivity contribution >= 4 is 5.69 Å². The van der Waals surface area contributed by atoms with Crippen LogP contribution < -0.4 is 5.32 Å². The molecule has 2 saturated carbocycles. The van der Waals surface area contributed by atoms with Crippen LogP contribution in [0.5, 0.6) is 0 Å². The predicted octanol–water partition coefficient (Wildman–Crippen LogP) is 3.79. The smallest absolute Gasteiger partial charge is 0.101 e. The van der Waals surface area contributed by atoms with Gasteiger partial charge in [0.1, 0.15) is 6.07 Å². The van der Waals surface area contributed by atoms with E-state index in [1.807, 2.05) is 24.3 Å². The molecule has 1 aromatic carbocycles. The first-order valence-electron chi connectivity index (χ1n) is 7.03. The van der Waals surface area contributed by atoms with E-state index in [-0.39, 0.29) is 0 Å². The van der Waals surface area contributed by atoms with Gasteiger partial charge in [0, 0.05) is 6.04 Å². The first-order chi connectivity index (χ1) is 8.78. The highest BCUT2D eigenvalue weighted by Gasteiger charge is 2.41. The van der Waals surface area contributed by atoms with Gasteiger partial charge < -0.3 is 5.32 Å². The van der Waals surface area contributed by atoms with E-state index < -0.39 is 0 Å². The van der Waals surface area contributed by atoms with Crippen LogP contribution in [0.25, 0.3) is 0 Å². The van der Waals surface area contributed by atoms with Gasteiger partial charge in [-0.15, -0.1) is 0 Å². The van der Waals surface area contributed by atoms with Crippen LogP contribution in [0.2, 0.25) is 0 Å². The van der Waals surface area contributed by atoms with Gasteiger partial charge >= 0.3 is 0 Å². The summed E-state index contributed by atoms with van der Waals surface area (Å²) in [5.74, 6) is 2.71. The van der Waals surface area contributed by atoms with Crippen LogP contribution in [0.4, 0.5) is 5.69 Å². The Morgan fingerprint density at radius 3 is 2.78 bits per heavy atom. The number of hydrogen-bond donors (Lipinski definition) is 1. The van der Waals surface area contributed by atoms with E-state index in [9.17, 15) is 0 Å². The number of para-hydroxylation sites is 1. The monoisotopic (exact) mass is 240 g/mol. The van der Waals surface area contributed by atoms with E-state index in [0.717, 1.165) is 29.0 Å². The van der Waals surface area contributed by atoms with Crippen molar-refractivity contribution in [1.82, 2.24) is 0 Å². The van der Waals surface area contributed by atoms with Crippen LogP contribution in [0.1, 0.15) is 38.2 Å². The largest absolute Gasteiger partial charge is 0.381 e. The fourth-order valence-electron chi connectivity index (χ4n) is 3.97. The zero-order valence-electron chi connectivity index (χ0n) is 10.9. The molecular formula is C16H20N2. The molecule has 2 aliphatic carbocycles. The fourth-order valence-corrected chi connectivity index (χ4v) is 3.97. The lowest BCUT2D eigenvalue weighted by Crippen LogP contribution is -2.30. The summed E-state index contributed by atoms with van der Waals surface area (Å²) in [4.78, 5) is 0. The van der Waals surface area contributed by atoms with Crippen molar-refractivity contribution in [1.29, 1.82) is 5.26 Å². The Hall–Kier alpha value is -1.49. The van der Waals surface area contributed by atoms with E-state index >= 15 is 0 Å². The molecule has 2 aliphatic rings.